The standard InChI is InChI=1S/C25H20F3N5O/c1-24(2,3)23(34)31-20-12-15(8-9-16(20)13-29)21-14-33-22(30-21)11-10-19(32-33)17-6-4-5-7-18(17)25(26,27)28/h4-12,14H,1-3H3,(H,31,34). The molecule has 0 saturated heterocycles. The predicted octanol–water partition coefficient (Wildman–Crippen LogP) is 5.94. The number of carbonyl (C=O) groups is 1. The van der Waals surface area contributed by atoms with Crippen LogP contribution in [0.1, 0.15) is 31.9 Å². The summed E-state index contributed by atoms with van der Waals surface area (Å²) in [6.45, 7) is 5.29. The van der Waals surface area contributed by atoms with Gasteiger partial charge in [-0.1, -0.05) is 45.0 Å². The predicted molar refractivity (Wildman–Crippen MR) is 122 cm³/mol. The number of nitrogens with one attached hydrogen (secondary N) is 1. The summed E-state index contributed by atoms with van der Waals surface area (Å²) in [5.74, 6) is -0.245. The molecule has 2 aromatic heterocycles. The molecule has 0 atom stereocenters. The van der Waals surface area contributed by atoms with Gasteiger partial charge in [0.2, 0.25) is 5.91 Å². The van der Waals surface area contributed by atoms with Gasteiger partial charge in [-0.05, 0) is 30.3 Å². The van der Waals surface area contributed by atoms with E-state index in [-0.39, 0.29) is 17.2 Å². The number of rotatable bonds is 3. The van der Waals surface area contributed by atoms with E-state index in [9.17, 15) is 23.2 Å². The summed E-state index contributed by atoms with van der Waals surface area (Å²) in [5.41, 5.74) is 0.898. The van der Waals surface area contributed by atoms with Crippen LogP contribution in [0.25, 0.3) is 28.2 Å². The molecule has 4 aromatic rings. The third-order valence-corrected chi connectivity index (χ3v) is 5.19. The zero-order chi connectivity index (χ0) is 24.7. The molecule has 0 saturated carbocycles. The Morgan fingerprint density at radius 3 is 2.44 bits per heavy atom. The number of anilines is 1. The topological polar surface area (TPSA) is 83.1 Å². The van der Waals surface area contributed by atoms with E-state index in [0.717, 1.165) is 6.07 Å². The highest BCUT2D eigenvalue weighted by Gasteiger charge is 2.33. The maximum Gasteiger partial charge on any atom is 0.417 e. The molecule has 0 spiro atoms. The van der Waals surface area contributed by atoms with E-state index in [2.05, 4.69) is 21.5 Å². The molecule has 6 nitrogen and oxygen atoms in total. The van der Waals surface area contributed by atoms with Crippen LogP contribution >= 0.6 is 0 Å². The number of fused-ring (bicyclic) bond motifs is 1. The van der Waals surface area contributed by atoms with Crippen molar-refractivity contribution in [1.29, 1.82) is 5.26 Å². The first kappa shape index (κ1) is 23.0. The number of carbonyl (C=O) groups excluding carboxylic acids is 1. The van der Waals surface area contributed by atoms with Crippen molar-refractivity contribution in [3.63, 3.8) is 0 Å². The van der Waals surface area contributed by atoms with Crippen molar-refractivity contribution < 1.29 is 18.0 Å². The van der Waals surface area contributed by atoms with Crippen LogP contribution in [0, 0.1) is 16.7 Å². The monoisotopic (exact) mass is 463 g/mol. The number of amides is 1. The third kappa shape index (κ3) is 4.48. The maximum absolute atomic E-state index is 13.4. The van der Waals surface area contributed by atoms with Gasteiger partial charge in [-0.15, -0.1) is 0 Å². The number of halogens is 3. The molecule has 2 heterocycles. The van der Waals surface area contributed by atoms with Crippen molar-refractivity contribution in [1.82, 2.24) is 14.6 Å². The average molecular weight is 463 g/mol. The molecule has 1 amide bonds. The Bertz CT molecular complexity index is 1440. The van der Waals surface area contributed by atoms with E-state index in [1.54, 1.807) is 51.2 Å². The Morgan fingerprint density at radius 1 is 1.03 bits per heavy atom. The summed E-state index contributed by atoms with van der Waals surface area (Å²) in [6.07, 6.45) is -2.92. The number of imidazole rings is 1. The Morgan fingerprint density at radius 2 is 1.76 bits per heavy atom. The molecule has 0 aliphatic heterocycles. The van der Waals surface area contributed by atoms with Crippen LogP contribution in [0.4, 0.5) is 18.9 Å². The normalized spacial score (nSPS) is 11.9. The molecule has 0 fully saturated rings. The van der Waals surface area contributed by atoms with Gasteiger partial charge in [0.15, 0.2) is 5.65 Å². The molecule has 0 radical (unpaired) electrons. The number of aromatic nitrogens is 3. The van der Waals surface area contributed by atoms with Gasteiger partial charge in [-0.2, -0.15) is 23.5 Å². The van der Waals surface area contributed by atoms with Crippen LogP contribution in [0.2, 0.25) is 0 Å². The van der Waals surface area contributed by atoms with Crippen LogP contribution in [0.15, 0.2) is 60.8 Å². The third-order valence-electron chi connectivity index (χ3n) is 5.19. The van der Waals surface area contributed by atoms with Gasteiger partial charge < -0.3 is 5.32 Å². The highest BCUT2D eigenvalue weighted by Crippen LogP contribution is 2.36. The van der Waals surface area contributed by atoms with E-state index < -0.39 is 17.2 Å². The van der Waals surface area contributed by atoms with Crippen LogP contribution in [-0.4, -0.2) is 20.5 Å². The number of benzene rings is 2. The molecule has 1 N–H and O–H groups in total. The summed E-state index contributed by atoms with van der Waals surface area (Å²) in [5, 5.41) is 16.5. The van der Waals surface area contributed by atoms with Gasteiger partial charge in [0.25, 0.3) is 0 Å². The number of hydrogen-bond acceptors (Lipinski definition) is 4. The lowest BCUT2D eigenvalue weighted by molar-refractivity contribution is -0.137. The molecule has 34 heavy (non-hydrogen) atoms. The lowest BCUT2D eigenvalue weighted by Gasteiger charge is -2.18. The summed E-state index contributed by atoms with van der Waals surface area (Å²) < 4.78 is 41.7. The Kier molecular flexibility index (Phi) is 5.61. The summed E-state index contributed by atoms with van der Waals surface area (Å²) >= 11 is 0. The Balaban J connectivity index is 1.75. The largest absolute Gasteiger partial charge is 0.417 e. The number of alkyl halides is 3. The maximum atomic E-state index is 13.4. The van der Waals surface area contributed by atoms with Gasteiger partial charge in [0, 0.05) is 16.5 Å². The molecule has 0 aliphatic carbocycles. The zero-order valence-electron chi connectivity index (χ0n) is 18.6. The molecule has 0 unspecified atom stereocenters. The van der Waals surface area contributed by atoms with Crippen molar-refractivity contribution in [3.8, 4) is 28.6 Å². The molecule has 172 valence electrons. The minimum Gasteiger partial charge on any atom is -0.324 e. The molecule has 0 bridgehead atoms. The van der Waals surface area contributed by atoms with E-state index in [1.807, 2.05) is 0 Å². The van der Waals surface area contributed by atoms with Crippen molar-refractivity contribution >= 4 is 17.2 Å². The van der Waals surface area contributed by atoms with E-state index in [1.165, 1.54) is 28.8 Å². The van der Waals surface area contributed by atoms with E-state index in [4.69, 9.17) is 0 Å². The quantitative estimate of drug-likeness (QED) is 0.408. The molecule has 2 aromatic carbocycles. The lowest BCUT2D eigenvalue weighted by atomic mass is 9.95. The number of nitriles is 1. The average Bonchev–Trinajstić information content (AvgIpc) is 3.21. The SMILES string of the molecule is CC(C)(C)C(=O)Nc1cc(-c2cn3nc(-c4ccccc4C(F)(F)F)ccc3n2)ccc1C#N. The summed E-state index contributed by atoms with van der Waals surface area (Å²) in [6, 6.07) is 15.3. The van der Waals surface area contributed by atoms with Gasteiger partial charge in [0.1, 0.15) is 6.07 Å². The second-order valence-electron chi connectivity index (χ2n) is 8.77. The number of hydrogen-bond donors (Lipinski definition) is 1. The fourth-order valence-electron chi connectivity index (χ4n) is 3.33. The van der Waals surface area contributed by atoms with Crippen molar-refractivity contribution in [2.45, 2.75) is 26.9 Å². The van der Waals surface area contributed by atoms with Gasteiger partial charge in [-0.3, -0.25) is 4.79 Å². The lowest BCUT2D eigenvalue weighted by Crippen LogP contribution is -2.28. The summed E-state index contributed by atoms with van der Waals surface area (Å²) in [7, 11) is 0. The molecular formula is C25H20F3N5O. The molecule has 4 rings (SSSR count). The minimum absolute atomic E-state index is 0.0299. The van der Waals surface area contributed by atoms with E-state index >= 15 is 0 Å². The van der Waals surface area contributed by atoms with Gasteiger partial charge >= 0.3 is 6.18 Å². The van der Waals surface area contributed by atoms with Crippen molar-refractivity contribution in [2.24, 2.45) is 5.41 Å². The minimum atomic E-state index is -4.51. The second kappa shape index (κ2) is 8.30. The first-order valence-electron chi connectivity index (χ1n) is 10.4. The first-order chi connectivity index (χ1) is 16.0. The Hall–Kier alpha value is -4.19. The van der Waals surface area contributed by atoms with Gasteiger partial charge in [0.05, 0.1) is 34.4 Å². The fraction of sp³-hybridized carbons (Fsp3) is 0.200. The molecular weight excluding hydrogens is 443 g/mol. The van der Waals surface area contributed by atoms with E-state index in [0.29, 0.717) is 28.2 Å². The first-order valence-corrected chi connectivity index (χ1v) is 10.4. The smallest absolute Gasteiger partial charge is 0.324 e. The second-order valence-corrected chi connectivity index (χ2v) is 8.77. The van der Waals surface area contributed by atoms with Crippen molar-refractivity contribution in [2.75, 3.05) is 5.32 Å². The van der Waals surface area contributed by atoms with Crippen LogP contribution < -0.4 is 5.32 Å². The zero-order valence-corrected chi connectivity index (χ0v) is 18.6. The van der Waals surface area contributed by atoms with Gasteiger partial charge in [-0.25, -0.2) is 9.50 Å². The molecule has 9 heteroatoms. The highest BCUT2D eigenvalue weighted by molar-refractivity contribution is 5.96. The Labute approximate surface area is 193 Å². The van der Waals surface area contributed by atoms with Crippen LogP contribution in [0.5, 0.6) is 0 Å². The number of nitrogens with zero attached hydrogens (tertiary/aromatic N) is 4. The molecule has 0 aliphatic rings. The van der Waals surface area contributed by atoms with Crippen molar-refractivity contribution in [3.05, 3.63) is 71.9 Å². The highest BCUT2D eigenvalue weighted by atomic mass is 19.4. The van der Waals surface area contributed by atoms with Crippen LogP contribution in [-0.2, 0) is 11.0 Å². The fourth-order valence-corrected chi connectivity index (χ4v) is 3.33. The van der Waals surface area contributed by atoms with Crippen LogP contribution in [0.3, 0.4) is 0 Å². The summed E-state index contributed by atoms with van der Waals surface area (Å²) in [4.78, 5) is 16.9.